The van der Waals surface area contributed by atoms with Gasteiger partial charge in [0.15, 0.2) is 0 Å². The van der Waals surface area contributed by atoms with E-state index < -0.39 is 11.7 Å². The summed E-state index contributed by atoms with van der Waals surface area (Å²) in [5, 5.41) is 3.03. The van der Waals surface area contributed by atoms with E-state index >= 15 is 0 Å². The average molecular weight is 444 g/mol. The van der Waals surface area contributed by atoms with Crippen molar-refractivity contribution < 1.29 is 13.6 Å². The Morgan fingerprint density at radius 3 is 2.63 bits per heavy atom. The molecule has 2 heterocycles. The number of para-hydroxylation sites is 1. The van der Waals surface area contributed by atoms with Crippen molar-refractivity contribution in [1.29, 1.82) is 0 Å². The van der Waals surface area contributed by atoms with Gasteiger partial charge in [-0.2, -0.15) is 8.78 Å². The van der Waals surface area contributed by atoms with Gasteiger partial charge in [0.1, 0.15) is 11.4 Å². The van der Waals surface area contributed by atoms with Crippen LogP contribution in [0.3, 0.4) is 0 Å². The second-order valence-electron chi connectivity index (χ2n) is 6.30. The van der Waals surface area contributed by atoms with E-state index in [0.29, 0.717) is 22.0 Å². The van der Waals surface area contributed by atoms with Gasteiger partial charge in [0, 0.05) is 9.77 Å². The van der Waals surface area contributed by atoms with Crippen LogP contribution in [-0.4, -0.2) is 21.2 Å². The van der Waals surface area contributed by atoms with Crippen LogP contribution in [-0.2, 0) is 11.3 Å². The summed E-state index contributed by atoms with van der Waals surface area (Å²) >= 11 is 1.76. The molecule has 2 aromatic heterocycles. The standard InChI is InChI=1S/C21H15F2N3O2S2/c22-21(23)30-16-9-5-4-8-15(16)25-18(27)11-26-12-24-19-14(20(26)28)10-17(29-19)13-6-2-1-3-7-13/h1-10,12,21H,11H2,(H,25,27). The van der Waals surface area contributed by atoms with Crippen molar-refractivity contribution >= 4 is 44.9 Å². The number of hydrogen-bond acceptors (Lipinski definition) is 5. The third kappa shape index (κ3) is 4.42. The molecule has 0 atom stereocenters. The third-order valence-corrected chi connectivity index (χ3v) is 6.15. The van der Waals surface area contributed by atoms with E-state index in [4.69, 9.17) is 0 Å². The molecule has 0 spiro atoms. The zero-order valence-corrected chi connectivity index (χ0v) is 17.1. The second-order valence-corrected chi connectivity index (χ2v) is 8.36. The van der Waals surface area contributed by atoms with Crippen molar-refractivity contribution in [3.8, 4) is 10.4 Å². The fourth-order valence-electron chi connectivity index (χ4n) is 2.93. The Kier molecular flexibility index (Phi) is 5.91. The summed E-state index contributed by atoms with van der Waals surface area (Å²) in [5.74, 6) is -3.10. The first-order valence-electron chi connectivity index (χ1n) is 8.89. The average Bonchev–Trinajstić information content (AvgIpc) is 3.17. The van der Waals surface area contributed by atoms with Crippen LogP contribution in [0.4, 0.5) is 14.5 Å². The molecular weight excluding hydrogens is 428 g/mol. The Bertz CT molecular complexity index is 1260. The first kappa shape index (κ1) is 20.2. The van der Waals surface area contributed by atoms with Gasteiger partial charge >= 0.3 is 0 Å². The van der Waals surface area contributed by atoms with Gasteiger partial charge in [-0.1, -0.05) is 54.2 Å². The van der Waals surface area contributed by atoms with E-state index in [0.717, 1.165) is 10.4 Å². The molecule has 0 radical (unpaired) electrons. The molecule has 152 valence electrons. The van der Waals surface area contributed by atoms with Crippen LogP contribution in [0.25, 0.3) is 20.7 Å². The maximum absolute atomic E-state index is 12.8. The molecule has 4 rings (SSSR count). The SMILES string of the molecule is O=C(Cn1cnc2sc(-c3ccccc3)cc2c1=O)Nc1ccccc1SC(F)F. The highest BCUT2D eigenvalue weighted by Crippen LogP contribution is 2.32. The number of carbonyl (C=O) groups excluding carboxylic acids is 1. The number of nitrogens with one attached hydrogen (secondary N) is 1. The predicted octanol–water partition coefficient (Wildman–Crippen LogP) is 5.08. The molecule has 0 saturated carbocycles. The Morgan fingerprint density at radius 1 is 1.13 bits per heavy atom. The summed E-state index contributed by atoms with van der Waals surface area (Å²) < 4.78 is 26.6. The second kappa shape index (κ2) is 8.76. The fourth-order valence-corrected chi connectivity index (χ4v) is 4.52. The molecule has 0 aliphatic carbocycles. The van der Waals surface area contributed by atoms with Crippen molar-refractivity contribution in [3.05, 3.63) is 77.3 Å². The molecular formula is C21H15F2N3O2S2. The van der Waals surface area contributed by atoms with Crippen LogP contribution in [0.1, 0.15) is 0 Å². The molecule has 0 unspecified atom stereocenters. The zero-order valence-electron chi connectivity index (χ0n) is 15.4. The molecule has 0 fully saturated rings. The van der Waals surface area contributed by atoms with Gasteiger partial charge in [0.25, 0.3) is 11.3 Å². The Hall–Kier alpha value is -3.04. The highest BCUT2D eigenvalue weighted by Gasteiger charge is 2.14. The van der Waals surface area contributed by atoms with Crippen LogP contribution < -0.4 is 10.9 Å². The topological polar surface area (TPSA) is 64.0 Å². The minimum absolute atomic E-state index is 0.257. The molecule has 2 aromatic carbocycles. The number of halogens is 2. The third-order valence-electron chi connectivity index (χ3n) is 4.27. The van der Waals surface area contributed by atoms with E-state index in [-0.39, 0.29) is 22.7 Å². The minimum atomic E-state index is -2.60. The van der Waals surface area contributed by atoms with E-state index in [9.17, 15) is 18.4 Å². The van der Waals surface area contributed by atoms with E-state index in [1.54, 1.807) is 18.2 Å². The van der Waals surface area contributed by atoms with Crippen molar-refractivity contribution in [3.63, 3.8) is 0 Å². The molecule has 1 amide bonds. The molecule has 30 heavy (non-hydrogen) atoms. The molecule has 5 nitrogen and oxygen atoms in total. The molecule has 0 aliphatic heterocycles. The van der Waals surface area contributed by atoms with Crippen LogP contribution in [0.15, 0.2) is 76.7 Å². The molecule has 0 bridgehead atoms. The van der Waals surface area contributed by atoms with Crippen LogP contribution in [0.2, 0.25) is 0 Å². The van der Waals surface area contributed by atoms with Gasteiger partial charge < -0.3 is 5.32 Å². The number of anilines is 1. The number of rotatable bonds is 6. The van der Waals surface area contributed by atoms with Crippen molar-refractivity contribution in [1.82, 2.24) is 9.55 Å². The highest BCUT2D eigenvalue weighted by molar-refractivity contribution is 7.99. The number of hydrogen-bond donors (Lipinski definition) is 1. The Balaban J connectivity index is 1.56. The Morgan fingerprint density at radius 2 is 1.87 bits per heavy atom. The van der Waals surface area contributed by atoms with Gasteiger partial charge in [0.05, 0.1) is 17.4 Å². The monoisotopic (exact) mass is 443 g/mol. The van der Waals surface area contributed by atoms with Crippen molar-refractivity contribution in [2.24, 2.45) is 0 Å². The van der Waals surface area contributed by atoms with Crippen LogP contribution in [0, 0.1) is 0 Å². The predicted molar refractivity (Wildman–Crippen MR) is 116 cm³/mol. The Labute approximate surface area is 178 Å². The van der Waals surface area contributed by atoms with Gasteiger partial charge in [0.2, 0.25) is 5.91 Å². The number of thioether (sulfide) groups is 1. The van der Waals surface area contributed by atoms with Gasteiger partial charge in [-0.15, -0.1) is 11.3 Å². The van der Waals surface area contributed by atoms with Crippen molar-refractivity contribution in [2.75, 3.05) is 5.32 Å². The lowest BCUT2D eigenvalue weighted by Gasteiger charge is -2.11. The van der Waals surface area contributed by atoms with Gasteiger partial charge in [-0.3, -0.25) is 14.2 Å². The van der Waals surface area contributed by atoms with Gasteiger partial charge in [-0.25, -0.2) is 4.98 Å². The first-order valence-corrected chi connectivity index (χ1v) is 10.6. The number of alkyl halides is 2. The van der Waals surface area contributed by atoms with Crippen LogP contribution >= 0.6 is 23.1 Å². The lowest BCUT2D eigenvalue weighted by atomic mass is 10.2. The van der Waals surface area contributed by atoms with Gasteiger partial charge in [-0.05, 0) is 23.8 Å². The maximum atomic E-state index is 12.8. The first-order chi connectivity index (χ1) is 14.5. The summed E-state index contributed by atoms with van der Waals surface area (Å²) in [4.78, 5) is 31.3. The minimum Gasteiger partial charge on any atom is -0.324 e. The maximum Gasteiger partial charge on any atom is 0.288 e. The number of thiophene rings is 1. The fraction of sp³-hybridized carbons (Fsp3) is 0.0952. The normalized spacial score (nSPS) is 11.2. The highest BCUT2D eigenvalue weighted by atomic mass is 32.2. The number of benzene rings is 2. The molecule has 1 N–H and O–H groups in total. The lowest BCUT2D eigenvalue weighted by Crippen LogP contribution is -2.27. The molecule has 0 aliphatic rings. The number of carbonyl (C=O) groups is 1. The smallest absolute Gasteiger partial charge is 0.288 e. The van der Waals surface area contributed by atoms with E-state index in [2.05, 4.69) is 10.3 Å². The number of nitrogens with zero attached hydrogens (tertiary/aromatic N) is 2. The lowest BCUT2D eigenvalue weighted by molar-refractivity contribution is -0.116. The number of amides is 1. The van der Waals surface area contributed by atoms with Crippen molar-refractivity contribution in [2.45, 2.75) is 17.2 Å². The summed E-state index contributed by atoms with van der Waals surface area (Å²) in [6.45, 7) is -0.272. The summed E-state index contributed by atoms with van der Waals surface area (Å²) in [5.41, 5.74) is 0.929. The summed E-state index contributed by atoms with van der Waals surface area (Å²) in [6.07, 6.45) is 1.33. The quantitative estimate of drug-likeness (QED) is 0.422. The van der Waals surface area contributed by atoms with E-state index in [1.807, 2.05) is 30.3 Å². The molecule has 4 aromatic rings. The molecule has 0 saturated heterocycles. The number of aromatic nitrogens is 2. The zero-order chi connectivity index (χ0) is 21.1. The largest absolute Gasteiger partial charge is 0.324 e. The van der Waals surface area contributed by atoms with Crippen LogP contribution in [0.5, 0.6) is 0 Å². The van der Waals surface area contributed by atoms with E-state index in [1.165, 1.54) is 34.4 Å². The molecule has 9 heteroatoms. The number of fused-ring (bicyclic) bond motifs is 1. The summed E-state index contributed by atoms with van der Waals surface area (Å²) in [6, 6.07) is 17.7. The summed E-state index contributed by atoms with van der Waals surface area (Å²) in [7, 11) is 0.